The fraction of sp³-hybridized carbons (Fsp3) is 0.357. The van der Waals surface area contributed by atoms with Crippen molar-refractivity contribution in [3.05, 3.63) is 81.7 Å². The van der Waals surface area contributed by atoms with E-state index >= 15 is 0 Å². The lowest BCUT2D eigenvalue weighted by Crippen LogP contribution is -2.41. The highest BCUT2D eigenvalue weighted by molar-refractivity contribution is 9.10. The minimum absolute atomic E-state index is 0.113. The Bertz CT molecular complexity index is 1750. The number of hydrogen-bond acceptors (Lipinski definition) is 8. The largest absolute Gasteiger partial charge is 0.494 e. The summed E-state index contributed by atoms with van der Waals surface area (Å²) in [7, 11) is 0.372. The van der Waals surface area contributed by atoms with Gasteiger partial charge < -0.3 is 9.31 Å². The van der Waals surface area contributed by atoms with Crippen molar-refractivity contribution in [3.63, 3.8) is 0 Å². The Balaban J connectivity index is 0.000000252. The van der Waals surface area contributed by atoms with Gasteiger partial charge in [0.15, 0.2) is 0 Å². The molecule has 0 bridgehead atoms. The fourth-order valence-corrected chi connectivity index (χ4v) is 6.50. The summed E-state index contributed by atoms with van der Waals surface area (Å²) in [4.78, 5) is 0.677. The van der Waals surface area contributed by atoms with Gasteiger partial charge in [-0.1, -0.05) is 44.0 Å². The third-order valence-corrected chi connectivity index (χ3v) is 13.0. The minimum atomic E-state index is -3.57. The Morgan fingerprint density at radius 3 is 1.16 bits per heavy atom. The molecule has 3 aromatic carbocycles. The van der Waals surface area contributed by atoms with Crippen LogP contribution < -0.4 is 5.46 Å². The Kier molecular flexibility index (Phi) is 13.5. The average Bonchev–Trinajstić information content (AvgIpc) is 3.15. The van der Waals surface area contributed by atoms with Crippen molar-refractivity contribution in [1.82, 2.24) is 8.61 Å². The van der Waals surface area contributed by atoms with E-state index in [1.807, 2.05) is 27.7 Å². The number of sulfonamides is 2. The second-order valence-corrected chi connectivity index (χ2v) is 19.8. The molecular weight excluding hydrogens is 795 g/mol. The van der Waals surface area contributed by atoms with E-state index in [-0.39, 0.29) is 9.79 Å². The van der Waals surface area contributed by atoms with Crippen LogP contribution in [0.4, 0.5) is 0 Å². The van der Waals surface area contributed by atoms with Gasteiger partial charge in [-0.15, -0.1) is 0 Å². The average molecular weight is 831 g/mol. The highest BCUT2D eigenvalue weighted by atomic mass is 79.9. The van der Waals surface area contributed by atoms with Gasteiger partial charge in [0.25, 0.3) is 9.05 Å². The van der Waals surface area contributed by atoms with E-state index in [0.717, 1.165) is 14.4 Å². The SMILES string of the molecule is CN(C)S(=O)(=O)c1ccc(B2OC(C)(C)C(C)(C)O2)cc1.CN(C)S(=O)(=O)c1ccc(Br)cc1.O=S(=O)(Cl)c1ccc(Br)cc1. The van der Waals surface area contributed by atoms with Crippen LogP contribution >= 0.6 is 42.5 Å². The van der Waals surface area contributed by atoms with Crippen molar-refractivity contribution in [3.8, 4) is 0 Å². The molecule has 17 heteroatoms. The van der Waals surface area contributed by atoms with Crippen LogP contribution in [-0.2, 0) is 38.4 Å². The summed E-state index contributed by atoms with van der Waals surface area (Å²) in [6.07, 6.45) is 0. The molecule has 0 radical (unpaired) electrons. The normalized spacial score (nSPS) is 16.1. The second-order valence-electron chi connectivity index (χ2n) is 11.1. The van der Waals surface area contributed by atoms with Gasteiger partial charge in [-0.05, 0) is 93.8 Å². The van der Waals surface area contributed by atoms with E-state index < -0.39 is 47.4 Å². The lowest BCUT2D eigenvalue weighted by molar-refractivity contribution is 0.00578. The first-order valence-corrected chi connectivity index (χ1v) is 20.0. The Morgan fingerprint density at radius 2 is 0.867 bits per heavy atom. The van der Waals surface area contributed by atoms with Crippen molar-refractivity contribution < 1.29 is 34.6 Å². The zero-order valence-electron chi connectivity index (χ0n) is 26.0. The molecule has 248 valence electrons. The summed E-state index contributed by atoms with van der Waals surface area (Å²) < 4.78 is 84.5. The van der Waals surface area contributed by atoms with Crippen LogP contribution in [-0.4, -0.2) is 80.4 Å². The van der Waals surface area contributed by atoms with E-state index in [9.17, 15) is 25.3 Å². The van der Waals surface area contributed by atoms with Crippen LogP contribution in [0.2, 0.25) is 0 Å². The molecule has 1 saturated heterocycles. The van der Waals surface area contributed by atoms with Gasteiger partial charge >= 0.3 is 7.12 Å². The zero-order chi connectivity index (χ0) is 34.6. The van der Waals surface area contributed by atoms with Crippen molar-refractivity contribution >= 4 is 84.2 Å². The van der Waals surface area contributed by atoms with Crippen LogP contribution in [0.3, 0.4) is 0 Å². The standard InChI is InChI=1S/C14H22BNO4S.C8H10BrNO2S.C6H4BrClO2S/c1-13(2)14(3,4)20-15(19-13)11-7-9-12(10-8-11)21(17,18)16(5)6;1-10(2)13(11,12)8-5-3-7(9)4-6-8;7-5-1-3-6(4-2-5)11(8,9)10/h7-10H,1-6H3;3-6H,1-2H3;1-4H. The predicted octanol–water partition coefficient (Wildman–Crippen LogP) is 5.31. The monoisotopic (exact) mass is 828 g/mol. The lowest BCUT2D eigenvalue weighted by Gasteiger charge is -2.32. The van der Waals surface area contributed by atoms with Crippen molar-refractivity contribution in [2.24, 2.45) is 0 Å². The maximum atomic E-state index is 12.0. The predicted molar refractivity (Wildman–Crippen MR) is 185 cm³/mol. The van der Waals surface area contributed by atoms with Crippen LogP contribution in [0, 0.1) is 0 Å². The number of rotatable bonds is 6. The molecule has 10 nitrogen and oxygen atoms in total. The first kappa shape index (κ1) is 39.8. The molecule has 4 rings (SSSR count). The number of nitrogens with zero attached hydrogens (tertiary/aromatic N) is 2. The van der Waals surface area contributed by atoms with E-state index in [0.29, 0.717) is 4.90 Å². The summed E-state index contributed by atoms with van der Waals surface area (Å²) >= 11 is 6.42. The highest BCUT2D eigenvalue weighted by Gasteiger charge is 2.51. The lowest BCUT2D eigenvalue weighted by atomic mass is 9.79. The van der Waals surface area contributed by atoms with Crippen molar-refractivity contribution in [2.45, 2.75) is 53.6 Å². The summed E-state index contributed by atoms with van der Waals surface area (Å²) in [5.74, 6) is 0. The maximum absolute atomic E-state index is 12.0. The topological polar surface area (TPSA) is 127 Å². The van der Waals surface area contributed by atoms with Gasteiger partial charge in [0, 0.05) is 47.8 Å². The van der Waals surface area contributed by atoms with E-state index in [1.54, 1.807) is 60.7 Å². The molecule has 0 spiro atoms. The Labute approximate surface area is 289 Å². The molecule has 0 amide bonds. The Hall–Kier alpha value is -1.34. The zero-order valence-corrected chi connectivity index (χ0v) is 32.4. The fourth-order valence-electron chi connectivity index (χ4n) is 3.40. The smallest absolute Gasteiger partial charge is 0.399 e. The van der Waals surface area contributed by atoms with Crippen molar-refractivity contribution in [1.29, 1.82) is 0 Å². The summed E-state index contributed by atoms with van der Waals surface area (Å²) in [6, 6.07) is 19.3. The first-order valence-electron chi connectivity index (χ1n) is 13.2. The molecule has 0 N–H and O–H groups in total. The quantitative estimate of drug-likeness (QED) is 0.242. The molecule has 0 saturated carbocycles. The van der Waals surface area contributed by atoms with E-state index in [2.05, 4.69) is 31.9 Å². The van der Waals surface area contributed by atoms with Gasteiger partial charge in [-0.3, -0.25) is 0 Å². The molecular formula is C28H36BBr2ClN2O8S3. The van der Waals surface area contributed by atoms with Gasteiger partial charge in [-0.2, -0.15) is 0 Å². The molecule has 3 aromatic rings. The minimum Gasteiger partial charge on any atom is -0.399 e. The maximum Gasteiger partial charge on any atom is 0.494 e. The second kappa shape index (κ2) is 15.3. The third kappa shape index (κ3) is 10.6. The summed E-state index contributed by atoms with van der Waals surface area (Å²) in [5, 5.41) is 0. The highest BCUT2D eigenvalue weighted by Crippen LogP contribution is 2.36. The van der Waals surface area contributed by atoms with E-state index in [4.69, 9.17) is 20.0 Å². The third-order valence-electron chi connectivity index (χ3n) is 6.87. The Morgan fingerprint density at radius 1 is 0.578 bits per heavy atom. The van der Waals surface area contributed by atoms with Gasteiger partial charge in [-0.25, -0.2) is 33.9 Å². The van der Waals surface area contributed by atoms with Crippen molar-refractivity contribution in [2.75, 3.05) is 28.2 Å². The molecule has 0 aliphatic carbocycles. The van der Waals surface area contributed by atoms with Crippen LogP contribution in [0.25, 0.3) is 0 Å². The number of hydrogen-bond donors (Lipinski definition) is 0. The van der Waals surface area contributed by atoms with Crippen LogP contribution in [0.1, 0.15) is 27.7 Å². The molecule has 1 aliphatic heterocycles. The molecule has 45 heavy (non-hydrogen) atoms. The molecule has 1 aliphatic rings. The summed E-state index contributed by atoms with van der Waals surface area (Å²) in [6.45, 7) is 7.94. The molecule has 1 heterocycles. The summed E-state index contributed by atoms with van der Waals surface area (Å²) in [5.41, 5.74) is -0.00989. The van der Waals surface area contributed by atoms with Gasteiger partial charge in [0.1, 0.15) is 0 Å². The van der Waals surface area contributed by atoms with Crippen LogP contribution in [0.5, 0.6) is 0 Å². The van der Waals surface area contributed by atoms with E-state index in [1.165, 1.54) is 48.9 Å². The van der Waals surface area contributed by atoms with Crippen LogP contribution in [0.15, 0.2) is 96.4 Å². The number of benzene rings is 3. The molecule has 0 unspecified atom stereocenters. The molecule has 1 fully saturated rings. The van der Waals surface area contributed by atoms with Gasteiger partial charge in [0.05, 0.1) is 25.9 Å². The molecule has 0 aromatic heterocycles. The molecule has 0 atom stereocenters. The first-order chi connectivity index (χ1) is 20.4. The van der Waals surface area contributed by atoms with Gasteiger partial charge in [0.2, 0.25) is 20.0 Å². The number of halogens is 3.